The van der Waals surface area contributed by atoms with Gasteiger partial charge in [0.05, 0.1) is 0 Å². The van der Waals surface area contributed by atoms with Gasteiger partial charge in [-0.05, 0) is 24.1 Å². The Morgan fingerprint density at radius 1 is 1.16 bits per heavy atom. The van der Waals surface area contributed by atoms with E-state index in [0.717, 1.165) is 30.9 Å². The molecule has 2 heterocycles. The van der Waals surface area contributed by atoms with Gasteiger partial charge in [-0.2, -0.15) is 5.10 Å². The quantitative estimate of drug-likeness (QED) is 0.915. The molecule has 1 aliphatic heterocycles. The molecule has 0 atom stereocenters. The molecule has 3 rings (SSSR count). The maximum absolute atomic E-state index is 4.30. The zero-order valence-corrected chi connectivity index (χ0v) is 11.7. The molecule has 4 nitrogen and oxygen atoms in total. The third-order valence-electron chi connectivity index (χ3n) is 3.18. The second kappa shape index (κ2) is 5.99. The lowest BCUT2D eigenvalue weighted by molar-refractivity contribution is 0.738. The van der Waals surface area contributed by atoms with Gasteiger partial charge in [-0.1, -0.05) is 30.3 Å². The lowest BCUT2D eigenvalue weighted by atomic mass is 9.99. The second-order valence-electron chi connectivity index (χ2n) is 4.50. The van der Waals surface area contributed by atoms with Crippen molar-refractivity contribution in [1.29, 1.82) is 0 Å². The first-order chi connectivity index (χ1) is 8.83. The molecule has 1 N–H and O–H groups in total. The molecule has 1 aromatic heterocycles. The van der Waals surface area contributed by atoms with Crippen LogP contribution in [0.15, 0.2) is 36.7 Å². The molecule has 100 valence electrons. The molecule has 1 aliphatic rings. The molecule has 19 heavy (non-hydrogen) atoms. The number of halogens is 1. The SMILES string of the molecule is Cl.Cn1cnc(-c2ccc(C3=CCNCC3)cc2)n1. The van der Waals surface area contributed by atoms with Crippen LogP contribution in [0.1, 0.15) is 12.0 Å². The van der Waals surface area contributed by atoms with Crippen LogP contribution in [-0.2, 0) is 7.05 Å². The lowest BCUT2D eigenvalue weighted by Crippen LogP contribution is -2.19. The minimum Gasteiger partial charge on any atom is -0.313 e. The molecule has 0 amide bonds. The van der Waals surface area contributed by atoms with Crippen molar-refractivity contribution in [2.24, 2.45) is 7.05 Å². The zero-order chi connectivity index (χ0) is 12.4. The summed E-state index contributed by atoms with van der Waals surface area (Å²) >= 11 is 0. The summed E-state index contributed by atoms with van der Waals surface area (Å²) in [5, 5.41) is 7.63. The highest BCUT2D eigenvalue weighted by atomic mass is 35.5. The molecule has 1 aromatic carbocycles. The van der Waals surface area contributed by atoms with Crippen molar-refractivity contribution in [3.05, 3.63) is 42.2 Å². The summed E-state index contributed by atoms with van der Waals surface area (Å²) in [5.74, 6) is 0.781. The van der Waals surface area contributed by atoms with Gasteiger partial charge in [0.15, 0.2) is 5.82 Å². The first kappa shape index (κ1) is 13.8. The highest BCUT2D eigenvalue weighted by Gasteiger charge is 2.07. The van der Waals surface area contributed by atoms with Crippen LogP contribution in [-0.4, -0.2) is 27.9 Å². The van der Waals surface area contributed by atoms with Gasteiger partial charge in [0.1, 0.15) is 6.33 Å². The number of benzene rings is 1. The van der Waals surface area contributed by atoms with Crippen molar-refractivity contribution in [2.45, 2.75) is 6.42 Å². The highest BCUT2D eigenvalue weighted by molar-refractivity contribution is 5.85. The topological polar surface area (TPSA) is 42.7 Å². The summed E-state index contributed by atoms with van der Waals surface area (Å²) in [5.41, 5.74) is 3.79. The molecule has 0 spiro atoms. The summed E-state index contributed by atoms with van der Waals surface area (Å²) < 4.78 is 1.72. The summed E-state index contributed by atoms with van der Waals surface area (Å²) in [6, 6.07) is 8.49. The van der Waals surface area contributed by atoms with Crippen LogP contribution in [0.4, 0.5) is 0 Å². The van der Waals surface area contributed by atoms with Crippen LogP contribution >= 0.6 is 12.4 Å². The van der Waals surface area contributed by atoms with Crippen LogP contribution < -0.4 is 5.32 Å². The Hall–Kier alpha value is -1.65. The lowest BCUT2D eigenvalue weighted by Gasteiger charge is -2.14. The van der Waals surface area contributed by atoms with Crippen molar-refractivity contribution in [3.63, 3.8) is 0 Å². The fourth-order valence-corrected chi connectivity index (χ4v) is 2.19. The zero-order valence-electron chi connectivity index (χ0n) is 10.8. The van der Waals surface area contributed by atoms with E-state index in [4.69, 9.17) is 0 Å². The molecular formula is C14H17ClN4. The largest absolute Gasteiger partial charge is 0.313 e. The van der Waals surface area contributed by atoms with Crippen molar-refractivity contribution in [2.75, 3.05) is 13.1 Å². The Balaban J connectivity index is 0.00000133. The maximum atomic E-state index is 4.30. The predicted octanol–water partition coefficient (Wildman–Crippen LogP) is 2.28. The molecule has 0 unspecified atom stereocenters. The molecule has 0 bridgehead atoms. The minimum absolute atomic E-state index is 0. The third kappa shape index (κ3) is 3.03. The van der Waals surface area contributed by atoms with Crippen LogP contribution in [0.2, 0.25) is 0 Å². The van der Waals surface area contributed by atoms with E-state index in [-0.39, 0.29) is 12.4 Å². The fourth-order valence-electron chi connectivity index (χ4n) is 2.19. The Labute approximate surface area is 119 Å². The highest BCUT2D eigenvalue weighted by Crippen LogP contribution is 2.22. The van der Waals surface area contributed by atoms with E-state index in [1.807, 2.05) is 7.05 Å². The van der Waals surface area contributed by atoms with Crippen LogP contribution in [0.5, 0.6) is 0 Å². The average molecular weight is 277 g/mol. The maximum Gasteiger partial charge on any atom is 0.181 e. The van der Waals surface area contributed by atoms with E-state index in [2.05, 4.69) is 45.7 Å². The van der Waals surface area contributed by atoms with Gasteiger partial charge in [-0.15, -0.1) is 12.4 Å². The Morgan fingerprint density at radius 3 is 2.47 bits per heavy atom. The Morgan fingerprint density at radius 2 is 1.89 bits per heavy atom. The molecule has 0 fully saturated rings. The van der Waals surface area contributed by atoms with Crippen LogP contribution in [0.3, 0.4) is 0 Å². The first-order valence-corrected chi connectivity index (χ1v) is 6.19. The van der Waals surface area contributed by atoms with Crippen LogP contribution in [0.25, 0.3) is 17.0 Å². The number of rotatable bonds is 2. The summed E-state index contributed by atoms with van der Waals surface area (Å²) in [6.07, 6.45) is 5.08. The van der Waals surface area contributed by atoms with Gasteiger partial charge in [-0.25, -0.2) is 4.98 Å². The van der Waals surface area contributed by atoms with Crippen molar-refractivity contribution in [3.8, 4) is 11.4 Å². The number of hydrogen-bond donors (Lipinski definition) is 1. The van der Waals surface area contributed by atoms with E-state index >= 15 is 0 Å². The molecule has 2 aromatic rings. The van der Waals surface area contributed by atoms with E-state index in [9.17, 15) is 0 Å². The first-order valence-electron chi connectivity index (χ1n) is 6.19. The number of hydrogen-bond acceptors (Lipinski definition) is 3. The third-order valence-corrected chi connectivity index (χ3v) is 3.18. The van der Waals surface area contributed by atoms with E-state index < -0.39 is 0 Å². The number of nitrogens with one attached hydrogen (secondary N) is 1. The van der Waals surface area contributed by atoms with E-state index in [0.29, 0.717) is 0 Å². The molecular weight excluding hydrogens is 260 g/mol. The van der Waals surface area contributed by atoms with Crippen molar-refractivity contribution < 1.29 is 0 Å². The minimum atomic E-state index is 0. The second-order valence-corrected chi connectivity index (χ2v) is 4.50. The summed E-state index contributed by atoms with van der Waals surface area (Å²) in [4.78, 5) is 4.26. The normalized spacial score (nSPS) is 14.7. The number of aryl methyl sites for hydroxylation is 1. The van der Waals surface area contributed by atoms with Gasteiger partial charge in [-0.3, -0.25) is 4.68 Å². The van der Waals surface area contributed by atoms with Gasteiger partial charge in [0, 0.05) is 19.2 Å². The Bertz CT molecular complexity index is 571. The monoisotopic (exact) mass is 276 g/mol. The van der Waals surface area contributed by atoms with Gasteiger partial charge in [0.2, 0.25) is 0 Å². The fraction of sp³-hybridized carbons (Fsp3) is 0.286. The van der Waals surface area contributed by atoms with Gasteiger partial charge >= 0.3 is 0 Å². The molecule has 0 aliphatic carbocycles. The number of aromatic nitrogens is 3. The smallest absolute Gasteiger partial charge is 0.181 e. The summed E-state index contributed by atoms with van der Waals surface area (Å²) in [7, 11) is 1.88. The number of nitrogens with zero attached hydrogens (tertiary/aromatic N) is 3. The average Bonchev–Trinajstić information content (AvgIpc) is 2.87. The molecule has 0 radical (unpaired) electrons. The van der Waals surface area contributed by atoms with Gasteiger partial charge in [0.25, 0.3) is 0 Å². The van der Waals surface area contributed by atoms with Crippen molar-refractivity contribution in [1.82, 2.24) is 20.1 Å². The van der Waals surface area contributed by atoms with E-state index in [1.54, 1.807) is 11.0 Å². The van der Waals surface area contributed by atoms with Crippen molar-refractivity contribution >= 4 is 18.0 Å². The Kier molecular flexibility index (Phi) is 4.35. The van der Waals surface area contributed by atoms with Crippen LogP contribution in [0, 0.1) is 0 Å². The summed E-state index contributed by atoms with van der Waals surface area (Å²) in [6.45, 7) is 2.04. The van der Waals surface area contributed by atoms with E-state index in [1.165, 1.54) is 11.1 Å². The molecule has 5 heteroatoms. The molecule has 0 saturated carbocycles. The predicted molar refractivity (Wildman–Crippen MR) is 79.2 cm³/mol. The standard InChI is InChI=1S/C14H16N4.ClH/c1-18-10-16-14(17-18)13-4-2-11(3-5-13)12-6-8-15-9-7-12;/h2-6,10,15H,7-9H2,1H3;1H. The van der Waals surface area contributed by atoms with Gasteiger partial charge < -0.3 is 5.32 Å². The molecule has 0 saturated heterocycles.